The van der Waals surface area contributed by atoms with Gasteiger partial charge in [-0.05, 0) is 86.1 Å². The summed E-state index contributed by atoms with van der Waals surface area (Å²) in [7, 11) is -3.52. The molecule has 1 N–H and O–H groups in total. The van der Waals surface area contributed by atoms with Crippen LogP contribution in [0.25, 0.3) is 0 Å². The number of aryl methyl sites for hydroxylation is 2. The van der Waals surface area contributed by atoms with Crippen LogP contribution in [0.3, 0.4) is 0 Å². The summed E-state index contributed by atoms with van der Waals surface area (Å²) in [6.07, 6.45) is 5.30. The maximum absolute atomic E-state index is 13.1. The van der Waals surface area contributed by atoms with Gasteiger partial charge in [0.2, 0.25) is 15.9 Å². The lowest BCUT2D eigenvalue weighted by Gasteiger charge is -2.31. The van der Waals surface area contributed by atoms with Gasteiger partial charge in [0, 0.05) is 29.7 Å². The smallest absolute Gasteiger partial charge is 0.243 e. The van der Waals surface area contributed by atoms with E-state index in [0.717, 1.165) is 24.8 Å². The van der Waals surface area contributed by atoms with Crippen LogP contribution in [0.15, 0.2) is 47.4 Å². The first-order valence-electron chi connectivity index (χ1n) is 10.1. The number of nitrogens with zero attached hydrogens (tertiary/aromatic N) is 1. The van der Waals surface area contributed by atoms with Crippen LogP contribution in [-0.2, 0) is 27.7 Å². The van der Waals surface area contributed by atoms with Gasteiger partial charge in [0.1, 0.15) is 0 Å². The minimum absolute atomic E-state index is 0.0712. The van der Waals surface area contributed by atoms with Crippen molar-refractivity contribution in [3.05, 3.63) is 58.6 Å². The average Bonchev–Trinajstić information content (AvgIpc) is 2.75. The first-order valence-corrected chi connectivity index (χ1v) is 11.9. The van der Waals surface area contributed by atoms with E-state index in [1.807, 2.05) is 12.1 Å². The summed E-state index contributed by atoms with van der Waals surface area (Å²) in [5, 5.41) is 3.51. The van der Waals surface area contributed by atoms with Crippen LogP contribution < -0.4 is 5.32 Å². The highest BCUT2D eigenvalue weighted by molar-refractivity contribution is 7.89. The molecule has 0 unspecified atom stereocenters. The lowest BCUT2D eigenvalue weighted by Crippen LogP contribution is -2.41. The zero-order chi connectivity index (χ0) is 20.4. The van der Waals surface area contributed by atoms with Crippen LogP contribution in [0.4, 0.5) is 5.69 Å². The number of anilines is 1. The molecule has 1 fully saturated rings. The molecule has 1 saturated heterocycles. The summed E-state index contributed by atoms with van der Waals surface area (Å²) < 4.78 is 27.7. The Bertz CT molecular complexity index is 997. The van der Waals surface area contributed by atoms with Gasteiger partial charge in [-0.2, -0.15) is 4.31 Å². The number of rotatable bonds is 4. The normalized spacial score (nSPS) is 18.2. The first-order chi connectivity index (χ1) is 13.9. The van der Waals surface area contributed by atoms with Crippen LogP contribution in [0, 0.1) is 5.92 Å². The molecule has 0 radical (unpaired) electrons. The Labute approximate surface area is 177 Å². The Morgan fingerprint density at radius 3 is 2.31 bits per heavy atom. The summed E-state index contributed by atoms with van der Waals surface area (Å²) in [6.45, 7) is 0.718. The molecule has 0 atom stereocenters. The molecule has 0 bridgehead atoms. The van der Waals surface area contributed by atoms with Crippen molar-refractivity contribution in [2.24, 2.45) is 5.92 Å². The Morgan fingerprint density at radius 2 is 1.62 bits per heavy atom. The van der Waals surface area contributed by atoms with Crippen molar-refractivity contribution >= 4 is 33.2 Å². The summed E-state index contributed by atoms with van der Waals surface area (Å²) in [4.78, 5) is 12.9. The topological polar surface area (TPSA) is 66.5 Å². The largest absolute Gasteiger partial charge is 0.326 e. The van der Waals surface area contributed by atoms with Gasteiger partial charge in [-0.25, -0.2) is 8.42 Å². The summed E-state index contributed by atoms with van der Waals surface area (Å²) in [6, 6.07) is 12.5. The van der Waals surface area contributed by atoms with Crippen molar-refractivity contribution in [3.63, 3.8) is 0 Å². The summed E-state index contributed by atoms with van der Waals surface area (Å²) in [5.41, 5.74) is 3.13. The van der Waals surface area contributed by atoms with E-state index in [-0.39, 0.29) is 11.8 Å². The van der Waals surface area contributed by atoms with Gasteiger partial charge in [0.05, 0.1) is 4.90 Å². The number of hydrogen-bond acceptors (Lipinski definition) is 3. The van der Waals surface area contributed by atoms with Crippen LogP contribution >= 0.6 is 11.6 Å². The molecule has 2 aromatic carbocycles. The van der Waals surface area contributed by atoms with Crippen molar-refractivity contribution in [2.45, 2.75) is 43.4 Å². The molecule has 0 aromatic heterocycles. The molecule has 1 amide bonds. The van der Waals surface area contributed by atoms with Gasteiger partial charge in [-0.3, -0.25) is 4.79 Å². The molecule has 2 aromatic rings. The second-order valence-corrected chi connectivity index (χ2v) is 10.2. The molecule has 154 valence electrons. The predicted molar refractivity (Wildman–Crippen MR) is 115 cm³/mol. The van der Waals surface area contributed by atoms with E-state index in [1.165, 1.54) is 16.3 Å². The zero-order valence-corrected chi connectivity index (χ0v) is 17.8. The van der Waals surface area contributed by atoms with E-state index >= 15 is 0 Å². The molecular weight excluding hydrogens is 408 g/mol. The standard InChI is InChI=1S/C22H25ClN2O3S/c23-19-6-8-20(9-7-19)24-22(26)17-11-13-25(14-12-17)29(27,28)21-10-5-16-3-1-2-4-18(16)15-21/h5-10,15,17H,1-4,11-14H2,(H,24,26). The highest BCUT2D eigenvalue weighted by Gasteiger charge is 2.32. The third-order valence-corrected chi connectivity index (χ3v) is 8.04. The second kappa shape index (κ2) is 8.46. The third-order valence-electron chi connectivity index (χ3n) is 5.89. The lowest BCUT2D eigenvalue weighted by molar-refractivity contribution is -0.120. The van der Waals surface area contributed by atoms with E-state index in [4.69, 9.17) is 11.6 Å². The Morgan fingerprint density at radius 1 is 0.966 bits per heavy atom. The number of hydrogen-bond donors (Lipinski definition) is 1. The summed E-state index contributed by atoms with van der Waals surface area (Å²) in [5.74, 6) is -0.265. The van der Waals surface area contributed by atoms with Crippen molar-refractivity contribution in [1.82, 2.24) is 4.31 Å². The predicted octanol–water partition coefficient (Wildman–Crippen LogP) is 4.26. The van der Waals surface area contributed by atoms with Crippen LogP contribution in [0.2, 0.25) is 5.02 Å². The second-order valence-electron chi connectivity index (χ2n) is 7.81. The molecule has 1 heterocycles. The lowest BCUT2D eigenvalue weighted by atomic mass is 9.92. The molecule has 7 heteroatoms. The van der Waals surface area contributed by atoms with E-state index in [9.17, 15) is 13.2 Å². The van der Waals surface area contributed by atoms with Gasteiger partial charge in [-0.1, -0.05) is 17.7 Å². The van der Waals surface area contributed by atoms with Crippen molar-refractivity contribution in [1.29, 1.82) is 0 Å². The van der Waals surface area contributed by atoms with Crippen LogP contribution in [-0.4, -0.2) is 31.7 Å². The van der Waals surface area contributed by atoms with Gasteiger partial charge in [-0.15, -0.1) is 0 Å². The highest BCUT2D eigenvalue weighted by atomic mass is 35.5. The third kappa shape index (κ3) is 4.49. The van der Waals surface area contributed by atoms with E-state index in [0.29, 0.717) is 41.5 Å². The zero-order valence-electron chi connectivity index (χ0n) is 16.2. The van der Waals surface area contributed by atoms with E-state index in [2.05, 4.69) is 5.32 Å². The molecule has 0 saturated carbocycles. The van der Waals surface area contributed by atoms with Crippen molar-refractivity contribution in [3.8, 4) is 0 Å². The SMILES string of the molecule is O=C(Nc1ccc(Cl)cc1)C1CCN(S(=O)(=O)c2ccc3c(c2)CCCC3)CC1. The van der Waals surface area contributed by atoms with Gasteiger partial charge >= 0.3 is 0 Å². The van der Waals surface area contributed by atoms with Crippen molar-refractivity contribution in [2.75, 3.05) is 18.4 Å². The average molecular weight is 433 g/mol. The fraction of sp³-hybridized carbons (Fsp3) is 0.409. The molecular formula is C22H25ClN2O3S. The van der Waals surface area contributed by atoms with Crippen LogP contribution in [0.1, 0.15) is 36.8 Å². The molecule has 2 aliphatic rings. The maximum atomic E-state index is 13.1. The Hall–Kier alpha value is -1.89. The fourth-order valence-corrected chi connectivity index (χ4v) is 5.80. The van der Waals surface area contributed by atoms with Gasteiger partial charge < -0.3 is 5.32 Å². The maximum Gasteiger partial charge on any atom is 0.243 e. The summed E-state index contributed by atoms with van der Waals surface area (Å²) >= 11 is 5.87. The van der Waals surface area contributed by atoms with Crippen LogP contribution in [0.5, 0.6) is 0 Å². The highest BCUT2D eigenvalue weighted by Crippen LogP contribution is 2.28. The molecule has 1 aliphatic heterocycles. The number of piperidine rings is 1. The quantitative estimate of drug-likeness (QED) is 0.784. The minimum Gasteiger partial charge on any atom is -0.326 e. The number of benzene rings is 2. The molecule has 1 aliphatic carbocycles. The number of fused-ring (bicyclic) bond motifs is 1. The first kappa shape index (κ1) is 20.4. The fourth-order valence-electron chi connectivity index (χ4n) is 4.16. The van der Waals surface area contributed by atoms with E-state index < -0.39 is 10.0 Å². The minimum atomic E-state index is -3.52. The Kier molecular flexibility index (Phi) is 5.95. The number of halogens is 1. The molecule has 0 spiro atoms. The molecule has 5 nitrogen and oxygen atoms in total. The van der Waals surface area contributed by atoms with Gasteiger partial charge in [0.25, 0.3) is 0 Å². The van der Waals surface area contributed by atoms with Crippen molar-refractivity contribution < 1.29 is 13.2 Å². The Balaban J connectivity index is 1.39. The molecule has 29 heavy (non-hydrogen) atoms. The molecule has 4 rings (SSSR count). The number of carbonyl (C=O) groups is 1. The number of nitrogens with one attached hydrogen (secondary N) is 1. The van der Waals surface area contributed by atoms with Gasteiger partial charge in [0.15, 0.2) is 0 Å². The number of carbonyl (C=O) groups excluding carboxylic acids is 1. The monoisotopic (exact) mass is 432 g/mol. The number of amides is 1. The van der Waals surface area contributed by atoms with E-state index in [1.54, 1.807) is 30.3 Å². The number of sulfonamides is 1.